The van der Waals surface area contributed by atoms with Gasteiger partial charge in [-0.1, -0.05) is 6.07 Å². The van der Waals surface area contributed by atoms with Crippen LogP contribution in [-0.4, -0.2) is 77.1 Å². The summed E-state index contributed by atoms with van der Waals surface area (Å²) in [5.74, 6) is 0.146. The summed E-state index contributed by atoms with van der Waals surface area (Å²) < 4.78 is 5.60. The van der Waals surface area contributed by atoms with Crippen LogP contribution < -0.4 is 0 Å². The number of hydrogen-bond acceptors (Lipinski definition) is 5. The van der Waals surface area contributed by atoms with Crippen LogP contribution in [0.15, 0.2) is 24.5 Å². The molecule has 1 spiro atoms. The van der Waals surface area contributed by atoms with E-state index in [0.717, 1.165) is 31.5 Å². The minimum Gasteiger partial charge on any atom is -0.441 e. The average molecular weight is 358 g/mol. The van der Waals surface area contributed by atoms with Gasteiger partial charge in [0.25, 0.3) is 0 Å². The van der Waals surface area contributed by atoms with Crippen molar-refractivity contribution in [2.24, 2.45) is 0 Å². The van der Waals surface area contributed by atoms with Crippen LogP contribution >= 0.6 is 0 Å². The summed E-state index contributed by atoms with van der Waals surface area (Å²) >= 11 is 0. The van der Waals surface area contributed by atoms with Gasteiger partial charge >= 0.3 is 6.09 Å². The number of likely N-dealkylation sites (tertiary alicyclic amines) is 2. The fourth-order valence-corrected chi connectivity index (χ4v) is 4.41. The highest BCUT2D eigenvalue weighted by Crippen LogP contribution is 2.34. The largest absolute Gasteiger partial charge is 0.441 e. The van der Waals surface area contributed by atoms with Crippen LogP contribution in [0.4, 0.5) is 4.79 Å². The lowest BCUT2D eigenvalue weighted by Crippen LogP contribution is -2.51. The molecule has 0 aliphatic carbocycles. The van der Waals surface area contributed by atoms with Gasteiger partial charge in [-0.15, -0.1) is 0 Å². The minimum absolute atomic E-state index is 0.146. The van der Waals surface area contributed by atoms with Crippen molar-refractivity contribution in [3.05, 3.63) is 30.1 Å². The van der Waals surface area contributed by atoms with E-state index in [0.29, 0.717) is 32.5 Å². The SMILES string of the molecule is CN1CC2(CCN(C(=O)C(c3cccnc3)N3CCCC3)CC2)OC1=O. The summed E-state index contributed by atoms with van der Waals surface area (Å²) in [5.41, 5.74) is 0.548. The van der Waals surface area contributed by atoms with E-state index in [4.69, 9.17) is 4.74 Å². The van der Waals surface area contributed by atoms with Crippen LogP contribution in [0.2, 0.25) is 0 Å². The van der Waals surface area contributed by atoms with Crippen LogP contribution in [0.3, 0.4) is 0 Å². The molecule has 1 atom stereocenters. The summed E-state index contributed by atoms with van der Waals surface area (Å²) in [6.45, 7) is 3.78. The molecule has 4 rings (SSSR count). The van der Waals surface area contributed by atoms with Crippen LogP contribution in [0.1, 0.15) is 37.3 Å². The van der Waals surface area contributed by atoms with Crippen LogP contribution in [0.25, 0.3) is 0 Å². The molecular weight excluding hydrogens is 332 g/mol. The molecule has 1 aromatic rings. The predicted molar refractivity (Wildman–Crippen MR) is 95.4 cm³/mol. The molecule has 4 heterocycles. The van der Waals surface area contributed by atoms with E-state index >= 15 is 0 Å². The Morgan fingerprint density at radius 2 is 1.96 bits per heavy atom. The molecule has 1 unspecified atom stereocenters. The monoisotopic (exact) mass is 358 g/mol. The molecular formula is C19H26N4O3. The smallest absolute Gasteiger partial charge is 0.410 e. The van der Waals surface area contributed by atoms with Crippen molar-refractivity contribution in [2.75, 3.05) is 39.8 Å². The van der Waals surface area contributed by atoms with Crippen molar-refractivity contribution in [2.45, 2.75) is 37.3 Å². The lowest BCUT2D eigenvalue weighted by atomic mass is 9.90. The highest BCUT2D eigenvalue weighted by Gasteiger charge is 2.47. The standard InChI is InChI=1S/C19H26N4O3/c1-21-14-19(26-18(21)25)6-11-23(12-7-19)17(24)16(22-9-2-3-10-22)15-5-4-8-20-13-15/h4-5,8,13,16H,2-3,6-7,9-12,14H2,1H3. The van der Waals surface area contributed by atoms with Gasteiger partial charge in [-0.2, -0.15) is 0 Å². The summed E-state index contributed by atoms with van der Waals surface area (Å²) in [6.07, 6.45) is 6.97. The van der Waals surface area contributed by atoms with E-state index in [1.54, 1.807) is 24.3 Å². The molecule has 0 bridgehead atoms. The molecule has 7 heteroatoms. The fraction of sp³-hybridized carbons (Fsp3) is 0.632. The third-order valence-electron chi connectivity index (χ3n) is 5.87. The maximum Gasteiger partial charge on any atom is 0.410 e. The zero-order valence-electron chi connectivity index (χ0n) is 15.3. The van der Waals surface area contributed by atoms with Gasteiger partial charge in [0.1, 0.15) is 11.6 Å². The number of nitrogens with zero attached hydrogens (tertiary/aromatic N) is 4. The number of hydrogen-bond donors (Lipinski definition) is 0. The molecule has 140 valence electrons. The molecule has 2 amide bonds. The lowest BCUT2D eigenvalue weighted by Gasteiger charge is -2.40. The molecule has 7 nitrogen and oxygen atoms in total. The summed E-state index contributed by atoms with van der Waals surface area (Å²) in [6, 6.07) is 3.63. The number of pyridine rings is 1. The van der Waals surface area contributed by atoms with Crippen molar-refractivity contribution in [1.82, 2.24) is 19.7 Å². The number of rotatable bonds is 3. The number of ether oxygens (including phenoxy) is 1. The van der Waals surface area contributed by atoms with Crippen LogP contribution in [0.5, 0.6) is 0 Å². The number of carbonyl (C=O) groups is 2. The van der Waals surface area contributed by atoms with Gasteiger partial charge in [-0.25, -0.2) is 4.79 Å². The first-order chi connectivity index (χ1) is 12.6. The molecule has 0 aromatic carbocycles. The second-order valence-corrected chi connectivity index (χ2v) is 7.66. The van der Waals surface area contributed by atoms with Gasteiger partial charge in [-0.3, -0.25) is 14.7 Å². The van der Waals surface area contributed by atoms with E-state index in [-0.39, 0.29) is 18.0 Å². The van der Waals surface area contributed by atoms with Crippen molar-refractivity contribution < 1.29 is 14.3 Å². The van der Waals surface area contributed by atoms with E-state index in [2.05, 4.69) is 9.88 Å². The minimum atomic E-state index is -0.417. The van der Waals surface area contributed by atoms with Crippen molar-refractivity contribution >= 4 is 12.0 Å². The number of piperidine rings is 1. The van der Waals surface area contributed by atoms with Crippen LogP contribution in [0, 0.1) is 0 Å². The summed E-state index contributed by atoms with van der Waals surface area (Å²) in [5, 5.41) is 0. The van der Waals surface area contributed by atoms with Gasteiger partial charge in [0.05, 0.1) is 6.54 Å². The first-order valence-corrected chi connectivity index (χ1v) is 9.45. The maximum absolute atomic E-state index is 13.4. The Morgan fingerprint density at radius 1 is 1.23 bits per heavy atom. The first kappa shape index (κ1) is 17.3. The Hall–Kier alpha value is -2.15. The zero-order chi connectivity index (χ0) is 18.1. The van der Waals surface area contributed by atoms with E-state index in [1.807, 2.05) is 17.0 Å². The maximum atomic E-state index is 13.4. The van der Waals surface area contributed by atoms with E-state index in [1.165, 1.54) is 0 Å². The zero-order valence-corrected chi connectivity index (χ0v) is 15.3. The van der Waals surface area contributed by atoms with Gasteiger partial charge < -0.3 is 14.5 Å². The molecule has 0 saturated carbocycles. The molecule has 26 heavy (non-hydrogen) atoms. The Balaban J connectivity index is 1.48. The quantitative estimate of drug-likeness (QED) is 0.822. The molecule has 3 fully saturated rings. The number of carbonyl (C=O) groups excluding carboxylic acids is 2. The number of likely N-dealkylation sites (N-methyl/N-ethyl adjacent to an activating group) is 1. The molecule has 0 N–H and O–H groups in total. The van der Waals surface area contributed by atoms with Crippen molar-refractivity contribution in [3.8, 4) is 0 Å². The second-order valence-electron chi connectivity index (χ2n) is 7.66. The Kier molecular flexibility index (Phi) is 4.56. The van der Waals surface area contributed by atoms with Gasteiger partial charge in [0, 0.05) is 45.4 Å². The van der Waals surface area contributed by atoms with Gasteiger partial charge in [-0.05, 0) is 37.6 Å². The molecule has 3 saturated heterocycles. The third-order valence-corrected chi connectivity index (χ3v) is 5.87. The molecule has 3 aliphatic rings. The summed E-state index contributed by atoms with van der Waals surface area (Å²) in [7, 11) is 1.76. The highest BCUT2D eigenvalue weighted by molar-refractivity contribution is 5.83. The normalized spacial score (nSPS) is 24.1. The summed E-state index contributed by atoms with van der Waals surface area (Å²) in [4.78, 5) is 35.1. The third kappa shape index (κ3) is 3.16. The predicted octanol–water partition coefficient (Wildman–Crippen LogP) is 1.66. The second kappa shape index (κ2) is 6.87. The number of amides is 2. The average Bonchev–Trinajstić information content (AvgIpc) is 3.26. The van der Waals surface area contributed by atoms with E-state index < -0.39 is 5.60 Å². The van der Waals surface area contributed by atoms with Gasteiger partial charge in [0.15, 0.2) is 0 Å². The Morgan fingerprint density at radius 3 is 2.54 bits per heavy atom. The first-order valence-electron chi connectivity index (χ1n) is 9.45. The van der Waals surface area contributed by atoms with Crippen molar-refractivity contribution in [1.29, 1.82) is 0 Å². The van der Waals surface area contributed by atoms with E-state index in [9.17, 15) is 9.59 Å². The Bertz CT molecular complexity index is 667. The van der Waals surface area contributed by atoms with Crippen molar-refractivity contribution in [3.63, 3.8) is 0 Å². The highest BCUT2D eigenvalue weighted by atomic mass is 16.6. The number of aromatic nitrogens is 1. The lowest BCUT2D eigenvalue weighted by molar-refractivity contribution is -0.140. The molecule has 3 aliphatic heterocycles. The topological polar surface area (TPSA) is 66.0 Å². The Labute approximate surface area is 153 Å². The van der Waals surface area contributed by atoms with Gasteiger partial charge in [0.2, 0.25) is 5.91 Å². The molecule has 0 radical (unpaired) electrons. The van der Waals surface area contributed by atoms with Crippen LogP contribution in [-0.2, 0) is 9.53 Å². The fourth-order valence-electron chi connectivity index (χ4n) is 4.41. The molecule has 1 aromatic heterocycles.